The Bertz CT molecular complexity index is 492. The van der Waals surface area contributed by atoms with Crippen molar-refractivity contribution >= 4 is 5.57 Å². The van der Waals surface area contributed by atoms with Gasteiger partial charge in [0.1, 0.15) is 5.75 Å². The van der Waals surface area contributed by atoms with Crippen molar-refractivity contribution in [3.63, 3.8) is 0 Å². The molecule has 0 N–H and O–H groups in total. The largest absolute Gasteiger partial charge is 0.497 e. The number of fused-ring (bicyclic) bond motifs is 2. The molecule has 2 bridgehead atoms. The maximum Gasteiger partial charge on any atom is 0.119 e. The molecule has 1 aliphatic heterocycles. The van der Waals surface area contributed by atoms with Crippen LogP contribution in [0.2, 0.25) is 0 Å². The quantitative estimate of drug-likeness (QED) is 0.809. The van der Waals surface area contributed by atoms with Crippen molar-refractivity contribution in [1.29, 1.82) is 0 Å². The number of rotatable bonds is 3. The number of ether oxygens (including phenoxy) is 1. The Labute approximate surface area is 109 Å². The van der Waals surface area contributed by atoms with Crippen LogP contribution in [0.15, 0.2) is 24.3 Å². The molecule has 96 valence electrons. The van der Waals surface area contributed by atoms with Crippen LogP contribution in [-0.4, -0.2) is 31.1 Å². The molecule has 1 heterocycles. The minimum absolute atomic E-state index is 0.677. The fraction of sp³-hybridized carbons (Fsp3) is 0.500. The zero-order valence-corrected chi connectivity index (χ0v) is 11.4. The molecule has 1 fully saturated rings. The molecule has 0 radical (unpaired) electrons. The zero-order chi connectivity index (χ0) is 12.7. The Morgan fingerprint density at radius 1 is 1.39 bits per heavy atom. The molecular weight excluding hydrogens is 222 g/mol. The Balaban J connectivity index is 1.91. The average molecular weight is 243 g/mol. The molecule has 1 saturated heterocycles. The first-order valence-electron chi connectivity index (χ1n) is 6.83. The monoisotopic (exact) mass is 243 g/mol. The first-order valence-corrected chi connectivity index (χ1v) is 6.83. The number of hydrogen-bond donors (Lipinski definition) is 0. The maximum atomic E-state index is 5.28. The summed E-state index contributed by atoms with van der Waals surface area (Å²) in [4.78, 5) is 2.58. The van der Waals surface area contributed by atoms with Crippen LogP contribution >= 0.6 is 0 Å². The summed E-state index contributed by atoms with van der Waals surface area (Å²) in [6.07, 6.45) is 3.79. The number of likely N-dealkylation sites (tertiary alicyclic amines) is 1. The summed E-state index contributed by atoms with van der Waals surface area (Å²) in [5.41, 5.74) is 4.31. The van der Waals surface area contributed by atoms with Gasteiger partial charge in [-0.3, -0.25) is 4.90 Å². The molecule has 0 saturated carbocycles. The lowest BCUT2D eigenvalue weighted by Gasteiger charge is -2.25. The Kier molecular flexibility index (Phi) is 2.90. The van der Waals surface area contributed by atoms with Gasteiger partial charge >= 0.3 is 0 Å². The van der Waals surface area contributed by atoms with Crippen molar-refractivity contribution in [2.24, 2.45) is 5.92 Å². The van der Waals surface area contributed by atoms with Crippen LogP contribution in [-0.2, 0) is 0 Å². The van der Waals surface area contributed by atoms with E-state index in [1.165, 1.54) is 30.6 Å². The van der Waals surface area contributed by atoms with Crippen molar-refractivity contribution < 1.29 is 4.74 Å². The number of nitrogens with zero attached hydrogens (tertiary/aromatic N) is 1. The highest BCUT2D eigenvalue weighted by Crippen LogP contribution is 2.43. The number of benzene rings is 1. The van der Waals surface area contributed by atoms with E-state index in [-0.39, 0.29) is 0 Å². The molecule has 0 amide bonds. The van der Waals surface area contributed by atoms with Crippen LogP contribution in [0, 0.1) is 12.8 Å². The van der Waals surface area contributed by atoms with Gasteiger partial charge in [0.2, 0.25) is 0 Å². The second-order valence-corrected chi connectivity index (χ2v) is 5.39. The minimum Gasteiger partial charge on any atom is -0.497 e. The van der Waals surface area contributed by atoms with Gasteiger partial charge in [-0.1, -0.05) is 19.1 Å². The molecule has 2 unspecified atom stereocenters. The number of aryl methyl sites for hydroxylation is 1. The van der Waals surface area contributed by atoms with Crippen LogP contribution in [0.25, 0.3) is 5.57 Å². The third-order valence-electron chi connectivity index (χ3n) is 4.41. The third-order valence-corrected chi connectivity index (χ3v) is 4.41. The zero-order valence-electron chi connectivity index (χ0n) is 11.4. The summed E-state index contributed by atoms with van der Waals surface area (Å²) < 4.78 is 5.28. The van der Waals surface area contributed by atoms with Crippen molar-refractivity contribution in [1.82, 2.24) is 4.90 Å². The van der Waals surface area contributed by atoms with Gasteiger partial charge in [0.25, 0.3) is 0 Å². The first-order chi connectivity index (χ1) is 8.72. The molecule has 18 heavy (non-hydrogen) atoms. The number of methoxy groups -OCH3 is 1. The van der Waals surface area contributed by atoms with E-state index in [0.717, 1.165) is 11.7 Å². The van der Waals surface area contributed by atoms with Crippen LogP contribution in [0.1, 0.15) is 24.5 Å². The summed E-state index contributed by atoms with van der Waals surface area (Å²) in [6.45, 7) is 6.85. The number of likely N-dealkylation sites (N-methyl/N-ethyl adjacent to an activating group) is 1. The van der Waals surface area contributed by atoms with Crippen LogP contribution in [0.5, 0.6) is 5.75 Å². The third kappa shape index (κ3) is 1.76. The fourth-order valence-corrected chi connectivity index (χ4v) is 3.44. The second-order valence-electron chi connectivity index (χ2n) is 5.39. The summed E-state index contributed by atoms with van der Waals surface area (Å²) in [5.74, 6) is 1.69. The van der Waals surface area contributed by atoms with Crippen molar-refractivity contribution in [2.45, 2.75) is 26.3 Å². The molecule has 1 aromatic rings. The van der Waals surface area contributed by atoms with E-state index in [9.17, 15) is 0 Å². The van der Waals surface area contributed by atoms with Gasteiger partial charge in [-0.05, 0) is 54.6 Å². The Morgan fingerprint density at radius 3 is 2.78 bits per heavy atom. The normalized spacial score (nSPS) is 26.5. The standard InChI is InChI=1S/C16H21NO/c1-4-17-10-12-8-13(17)9-16(12)15-6-5-14(18-3)7-11(15)2/h5-7,9,12-13H,4,8,10H2,1-3H3. The molecule has 3 rings (SSSR count). The van der Waals surface area contributed by atoms with E-state index in [2.05, 4.69) is 43.0 Å². The highest BCUT2D eigenvalue weighted by Gasteiger charge is 2.38. The molecule has 0 aromatic heterocycles. The van der Waals surface area contributed by atoms with Gasteiger partial charge in [0.05, 0.1) is 7.11 Å². The Morgan fingerprint density at radius 2 is 2.22 bits per heavy atom. The van der Waals surface area contributed by atoms with Gasteiger partial charge in [-0.2, -0.15) is 0 Å². The highest BCUT2D eigenvalue weighted by atomic mass is 16.5. The fourth-order valence-electron chi connectivity index (χ4n) is 3.44. The van der Waals surface area contributed by atoms with Crippen LogP contribution < -0.4 is 4.74 Å². The second kappa shape index (κ2) is 4.43. The van der Waals surface area contributed by atoms with Crippen molar-refractivity contribution in [3.8, 4) is 5.75 Å². The van der Waals surface area contributed by atoms with Gasteiger partial charge in [-0.15, -0.1) is 0 Å². The molecule has 1 aromatic carbocycles. The smallest absolute Gasteiger partial charge is 0.119 e. The van der Waals surface area contributed by atoms with Gasteiger partial charge in [-0.25, -0.2) is 0 Å². The van der Waals surface area contributed by atoms with E-state index in [1.807, 2.05) is 0 Å². The van der Waals surface area contributed by atoms with E-state index in [1.54, 1.807) is 12.7 Å². The molecule has 0 spiro atoms. The van der Waals surface area contributed by atoms with Crippen LogP contribution in [0.3, 0.4) is 0 Å². The average Bonchev–Trinajstić information content (AvgIpc) is 2.97. The minimum atomic E-state index is 0.677. The van der Waals surface area contributed by atoms with Crippen LogP contribution in [0.4, 0.5) is 0 Å². The number of hydrogen-bond acceptors (Lipinski definition) is 2. The van der Waals surface area contributed by atoms with Gasteiger partial charge in [0.15, 0.2) is 0 Å². The lowest BCUT2D eigenvalue weighted by atomic mass is 9.92. The van der Waals surface area contributed by atoms with Gasteiger partial charge in [0, 0.05) is 12.6 Å². The summed E-state index contributed by atoms with van der Waals surface area (Å²) in [7, 11) is 1.73. The van der Waals surface area contributed by atoms with E-state index in [0.29, 0.717) is 6.04 Å². The Hall–Kier alpha value is -1.28. The SMILES string of the molecule is CCN1CC2CC1C=C2c1ccc(OC)cc1C. The van der Waals surface area contributed by atoms with Crippen molar-refractivity contribution in [3.05, 3.63) is 35.4 Å². The highest BCUT2D eigenvalue weighted by molar-refractivity contribution is 5.74. The molecule has 2 heteroatoms. The topological polar surface area (TPSA) is 12.5 Å². The molecular formula is C16H21NO. The maximum absolute atomic E-state index is 5.28. The summed E-state index contributed by atoms with van der Waals surface area (Å²) in [6, 6.07) is 7.11. The predicted molar refractivity (Wildman–Crippen MR) is 74.9 cm³/mol. The lowest BCUT2D eigenvalue weighted by molar-refractivity contribution is 0.297. The van der Waals surface area contributed by atoms with Crippen molar-refractivity contribution in [2.75, 3.05) is 20.2 Å². The van der Waals surface area contributed by atoms with Gasteiger partial charge < -0.3 is 4.74 Å². The molecule has 1 aliphatic carbocycles. The summed E-state index contributed by atoms with van der Waals surface area (Å²) >= 11 is 0. The van der Waals surface area contributed by atoms with E-state index >= 15 is 0 Å². The van der Waals surface area contributed by atoms with E-state index < -0.39 is 0 Å². The van der Waals surface area contributed by atoms with E-state index in [4.69, 9.17) is 4.74 Å². The molecule has 2 nitrogen and oxygen atoms in total. The lowest BCUT2D eigenvalue weighted by Crippen LogP contribution is -2.30. The predicted octanol–water partition coefficient (Wildman–Crippen LogP) is 3.11. The summed E-state index contributed by atoms with van der Waals surface area (Å²) in [5, 5.41) is 0. The molecule has 2 atom stereocenters. The molecule has 2 aliphatic rings. The first kappa shape index (κ1) is 11.8.